The Labute approximate surface area is 209 Å². The van der Waals surface area contributed by atoms with E-state index in [-0.39, 0.29) is 0 Å². The van der Waals surface area contributed by atoms with Gasteiger partial charge in [-0.25, -0.2) is 0 Å². The van der Waals surface area contributed by atoms with Crippen molar-refractivity contribution in [2.45, 2.75) is 181 Å². The molecule has 192 valence electrons. The van der Waals surface area contributed by atoms with Gasteiger partial charge in [-0.15, -0.1) is 0 Å². The smallest absolute Gasteiger partial charge is 0.159 e. The average Bonchev–Trinajstić information content (AvgIpc) is 2.80. The minimum absolute atomic E-state index is 0.842. The van der Waals surface area contributed by atoms with Gasteiger partial charge >= 0.3 is 0 Å². The summed E-state index contributed by atoms with van der Waals surface area (Å²) in [4.78, 5) is 0. The van der Waals surface area contributed by atoms with Crippen LogP contribution in [0.4, 0.5) is 0 Å². The molecule has 0 aromatic heterocycles. The molecular formula is C30H60OS. The first-order valence-corrected chi connectivity index (χ1v) is 15.4. The Morgan fingerprint density at radius 3 is 1.03 bits per heavy atom. The lowest BCUT2D eigenvalue weighted by Crippen LogP contribution is -2.03. The van der Waals surface area contributed by atoms with Crippen LogP contribution in [-0.4, -0.2) is 11.7 Å². The Kier molecular flexibility index (Phi) is 28.8. The normalized spacial score (nSPS) is 11.2. The summed E-state index contributed by atoms with van der Waals surface area (Å²) in [6.45, 7) is 5.42. The highest BCUT2D eigenvalue weighted by Gasteiger charge is 1.99. The third-order valence-corrected chi connectivity index (χ3v) is 7.07. The molecule has 0 aliphatic carbocycles. The molecular weight excluding hydrogens is 408 g/mol. The van der Waals surface area contributed by atoms with Crippen LogP contribution in [0.3, 0.4) is 0 Å². The van der Waals surface area contributed by atoms with Crippen molar-refractivity contribution in [3.05, 3.63) is 0 Å². The van der Waals surface area contributed by atoms with Crippen molar-refractivity contribution in [2.24, 2.45) is 0 Å². The maximum atomic E-state index is 5.76. The van der Waals surface area contributed by atoms with Gasteiger partial charge in [0, 0.05) is 6.42 Å². The van der Waals surface area contributed by atoms with Crippen molar-refractivity contribution >= 4 is 17.3 Å². The Balaban J connectivity index is 3.12. The molecule has 0 spiro atoms. The number of hydrogen-bond acceptors (Lipinski definition) is 2. The number of hydrogen-bond donors (Lipinski definition) is 0. The van der Waals surface area contributed by atoms with Gasteiger partial charge in [0.25, 0.3) is 0 Å². The van der Waals surface area contributed by atoms with Crippen LogP contribution in [-0.2, 0) is 4.74 Å². The quantitative estimate of drug-likeness (QED) is 0.0875. The zero-order valence-electron chi connectivity index (χ0n) is 22.4. The summed E-state index contributed by atoms with van der Waals surface area (Å²) in [5.41, 5.74) is 0. The molecule has 0 saturated heterocycles. The van der Waals surface area contributed by atoms with E-state index in [1.165, 1.54) is 161 Å². The first-order valence-electron chi connectivity index (χ1n) is 15.0. The molecule has 0 amide bonds. The fraction of sp³-hybridized carbons (Fsp3) is 0.967. The van der Waals surface area contributed by atoms with E-state index < -0.39 is 0 Å². The topological polar surface area (TPSA) is 9.23 Å². The summed E-state index contributed by atoms with van der Waals surface area (Å²) in [6.07, 6.45) is 35.9. The Bertz CT molecular complexity index is 355. The summed E-state index contributed by atoms with van der Waals surface area (Å²) in [7, 11) is 0. The van der Waals surface area contributed by atoms with Gasteiger partial charge in [-0.3, -0.25) is 0 Å². The molecule has 2 heteroatoms. The van der Waals surface area contributed by atoms with Crippen molar-refractivity contribution in [3.8, 4) is 0 Å². The fourth-order valence-corrected chi connectivity index (χ4v) is 4.72. The lowest BCUT2D eigenvalue weighted by atomic mass is 10.0. The highest BCUT2D eigenvalue weighted by molar-refractivity contribution is 7.80. The van der Waals surface area contributed by atoms with E-state index in [2.05, 4.69) is 13.8 Å². The summed E-state index contributed by atoms with van der Waals surface area (Å²) in [6, 6.07) is 0. The SMILES string of the molecule is CCCCCCCCCCCCCCCCCCOC(=S)CCCCCCCCCCC. The maximum absolute atomic E-state index is 5.76. The third kappa shape index (κ3) is 27.9. The second-order valence-corrected chi connectivity index (χ2v) is 10.6. The fourth-order valence-electron chi connectivity index (χ4n) is 4.49. The molecule has 0 aliphatic rings. The van der Waals surface area contributed by atoms with Crippen molar-refractivity contribution in [1.29, 1.82) is 0 Å². The molecule has 0 heterocycles. The van der Waals surface area contributed by atoms with E-state index in [4.69, 9.17) is 17.0 Å². The number of rotatable bonds is 27. The second kappa shape index (κ2) is 28.9. The molecule has 0 aromatic rings. The molecule has 32 heavy (non-hydrogen) atoms. The van der Waals surface area contributed by atoms with Crippen molar-refractivity contribution in [1.82, 2.24) is 0 Å². The third-order valence-electron chi connectivity index (χ3n) is 6.75. The van der Waals surface area contributed by atoms with Gasteiger partial charge in [-0.05, 0) is 25.1 Å². The van der Waals surface area contributed by atoms with Crippen LogP contribution in [0, 0.1) is 0 Å². The van der Waals surface area contributed by atoms with Crippen molar-refractivity contribution in [3.63, 3.8) is 0 Å². The van der Waals surface area contributed by atoms with E-state index in [1.54, 1.807) is 0 Å². The predicted octanol–water partition coefficient (Wildman–Crippen LogP) is 11.5. The lowest BCUT2D eigenvalue weighted by molar-refractivity contribution is 0.290. The summed E-state index contributed by atoms with van der Waals surface area (Å²) in [5.74, 6) is 0. The van der Waals surface area contributed by atoms with Gasteiger partial charge in [0.1, 0.15) is 0 Å². The summed E-state index contributed by atoms with van der Waals surface area (Å²) < 4.78 is 5.76. The maximum Gasteiger partial charge on any atom is 0.159 e. The molecule has 0 aromatic carbocycles. The van der Waals surface area contributed by atoms with E-state index >= 15 is 0 Å². The zero-order chi connectivity index (χ0) is 23.4. The van der Waals surface area contributed by atoms with Gasteiger partial charge < -0.3 is 4.74 Å². The molecule has 0 atom stereocenters. The Hall–Kier alpha value is -0.110. The molecule has 0 bridgehead atoms. The van der Waals surface area contributed by atoms with Crippen LogP contribution >= 0.6 is 12.2 Å². The largest absolute Gasteiger partial charge is 0.487 e. The summed E-state index contributed by atoms with van der Waals surface area (Å²) >= 11 is 5.39. The van der Waals surface area contributed by atoms with E-state index in [1.807, 2.05) is 0 Å². The van der Waals surface area contributed by atoms with Gasteiger partial charge in [-0.1, -0.05) is 162 Å². The van der Waals surface area contributed by atoms with Crippen LogP contribution in [0.2, 0.25) is 0 Å². The molecule has 1 nitrogen and oxygen atoms in total. The summed E-state index contributed by atoms with van der Waals surface area (Å²) in [5, 5.41) is 0.855. The number of unbranched alkanes of at least 4 members (excludes halogenated alkanes) is 23. The number of thiocarbonyl (C=S) groups is 1. The van der Waals surface area contributed by atoms with E-state index in [0.717, 1.165) is 18.1 Å². The Morgan fingerprint density at radius 1 is 0.406 bits per heavy atom. The van der Waals surface area contributed by atoms with Crippen LogP contribution in [0.25, 0.3) is 0 Å². The molecule has 0 radical (unpaired) electrons. The molecule has 0 unspecified atom stereocenters. The van der Waals surface area contributed by atoms with Gasteiger partial charge in [0.2, 0.25) is 0 Å². The monoisotopic (exact) mass is 468 g/mol. The lowest BCUT2D eigenvalue weighted by Gasteiger charge is -2.08. The van der Waals surface area contributed by atoms with E-state index in [9.17, 15) is 0 Å². The van der Waals surface area contributed by atoms with Gasteiger partial charge in [0.05, 0.1) is 6.61 Å². The van der Waals surface area contributed by atoms with Crippen LogP contribution in [0.1, 0.15) is 181 Å². The highest BCUT2D eigenvalue weighted by Crippen LogP contribution is 2.14. The zero-order valence-corrected chi connectivity index (χ0v) is 23.2. The van der Waals surface area contributed by atoms with Crippen molar-refractivity contribution < 1.29 is 4.74 Å². The van der Waals surface area contributed by atoms with Crippen LogP contribution < -0.4 is 0 Å². The minimum Gasteiger partial charge on any atom is -0.487 e. The van der Waals surface area contributed by atoms with Crippen LogP contribution in [0.5, 0.6) is 0 Å². The molecule has 0 saturated carbocycles. The van der Waals surface area contributed by atoms with E-state index in [0.29, 0.717) is 0 Å². The standard InChI is InChI=1S/C30H60OS/c1-3-5-7-9-11-13-14-15-16-17-18-19-21-23-25-27-29-31-30(32)28-26-24-22-20-12-10-8-6-4-2/h3-29H2,1-2H3. The highest BCUT2D eigenvalue weighted by atomic mass is 32.1. The average molecular weight is 469 g/mol. The molecule has 0 rings (SSSR count). The van der Waals surface area contributed by atoms with Crippen LogP contribution in [0.15, 0.2) is 0 Å². The molecule has 0 aliphatic heterocycles. The first-order chi connectivity index (χ1) is 15.8. The Morgan fingerprint density at radius 2 is 0.688 bits per heavy atom. The second-order valence-electron chi connectivity index (χ2n) is 10.1. The predicted molar refractivity (Wildman–Crippen MR) is 150 cm³/mol. The molecule has 0 N–H and O–H groups in total. The van der Waals surface area contributed by atoms with Gasteiger partial charge in [0.15, 0.2) is 5.05 Å². The van der Waals surface area contributed by atoms with Gasteiger partial charge in [-0.2, -0.15) is 0 Å². The first kappa shape index (κ1) is 31.9. The van der Waals surface area contributed by atoms with Crippen molar-refractivity contribution in [2.75, 3.05) is 6.61 Å². The molecule has 0 fully saturated rings. The minimum atomic E-state index is 0.842. The number of ether oxygens (including phenoxy) is 1.